The number of benzene rings is 3. The van der Waals surface area contributed by atoms with Crippen LogP contribution in [-0.4, -0.2) is 30.9 Å². The normalized spacial score (nSPS) is 22.6. The van der Waals surface area contributed by atoms with Crippen molar-refractivity contribution in [3.63, 3.8) is 0 Å². The molecule has 2 aliphatic heterocycles. The summed E-state index contributed by atoms with van der Waals surface area (Å²) in [6.07, 6.45) is 0. The van der Waals surface area contributed by atoms with Gasteiger partial charge in [-0.05, 0) is 53.6 Å². The fourth-order valence-corrected chi connectivity index (χ4v) is 6.00. The summed E-state index contributed by atoms with van der Waals surface area (Å²) < 4.78 is 5.04. The Bertz CT molecular complexity index is 1330. The summed E-state index contributed by atoms with van der Waals surface area (Å²) >= 11 is 24.8. The van der Waals surface area contributed by atoms with Gasteiger partial charge in [-0.3, -0.25) is 19.7 Å². The maximum absolute atomic E-state index is 14.2. The van der Waals surface area contributed by atoms with E-state index >= 15 is 0 Å². The SMILES string of the molecule is COC(=O)[C@@H]1NC(c2ccc(Cl)cc2)(c2ccc(Cl)cc2)[C@@H]2C(=O)N(c3ccc(Cl)cc3Cl)C(=O)[C@@H]21. The molecule has 0 aromatic heterocycles. The molecule has 2 saturated heterocycles. The van der Waals surface area contributed by atoms with Crippen molar-refractivity contribution in [3.05, 3.63) is 97.9 Å². The van der Waals surface area contributed by atoms with Gasteiger partial charge in [0.25, 0.3) is 0 Å². The van der Waals surface area contributed by atoms with Crippen molar-refractivity contribution in [2.75, 3.05) is 12.0 Å². The Hall–Kier alpha value is -2.61. The molecule has 36 heavy (non-hydrogen) atoms. The number of rotatable bonds is 4. The van der Waals surface area contributed by atoms with E-state index in [1.807, 2.05) is 0 Å². The molecule has 0 spiro atoms. The van der Waals surface area contributed by atoms with Crippen LogP contribution < -0.4 is 10.2 Å². The Balaban J connectivity index is 1.76. The van der Waals surface area contributed by atoms with Crippen molar-refractivity contribution in [1.29, 1.82) is 0 Å². The van der Waals surface area contributed by atoms with E-state index in [1.54, 1.807) is 54.6 Å². The van der Waals surface area contributed by atoms with Crippen molar-refractivity contribution >= 4 is 69.9 Å². The van der Waals surface area contributed by atoms with Gasteiger partial charge in [0.15, 0.2) is 0 Å². The highest BCUT2D eigenvalue weighted by molar-refractivity contribution is 6.38. The number of esters is 1. The van der Waals surface area contributed by atoms with Gasteiger partial charge in [0.05, 0.1) is 35.2 Å². The predicted molar refractivity (Wildman–Crippen MR) is 139 cm³/mol. The molecule has 5 rings (SSSR count). The topological polar surface area (TPSA) is 75.7 Å². The van der Waals surface area contributed by atoms with Gasteiger partial charge >= 0.3 is 5.97 Å². The molecule has 0 unspecified atom stereocenters. The molecular formula is C26H18Cl4N2O4. The van der Waals surface area contributed by atoms with Crippen LogP contribution >= 0.6 is 46.4 Å². The maximum atomic E-state index is 14.2. The largest absolute Gasteiger partial charge is 0.468 e. The van der Waals surface area contributed by atoms with Gasteiger partial charge in [0.2, 0.25) is 11.8 Å². The average Bonchev–Trinajstić information content (AvgIpc) is 3.34. The molecule has 3 aromatic carbocycles. The summed E-state index contributed by atoms with van der Waals surface area (Å²) in [7, 11) is 1.23. The van der Waals surface area contributed by atoms with Crippen LogP contribution in [0.5, 0.6) is 0 Å². The van der Waals surface area contributed by atoms with Gasteiger partial charge in [0.1, 0.15) is 6.04 Å². The van der Waals surface area contributed by atoms with Crippen LogP contribution in [0.25, 0.3) is 0 Å². The number of imide groups is 1. The van der Waals surface area contributed by atoms with Crippen molar-refractivity contribution in [3.8, 4) is 0 Å². The zero-order valence-electron chi connectivity index (χ0n) is 18.7. The third kappa shape index (κ3) is 3.80. The standard InChI is InChI=1S/C26H18Cl4N2O4/c1-36-25(35)22-20-21(24(34)32(23(20)33)19-11-10-17(29)12-18(19)30)26(31-22,13-2-6-15(27)7-3-13)14-4-8-16(28)9-5-14/h2-12,20-22,31H,1H3/t20-,21-,22+/m0/s1. The summed E-state index contributed by atoms with van der Waals surface area (Å²) in [6.45, 7) is 0. The Morgan fingerprint density at radius 2 is 1.36 bits per heavy atom. The van der Waals surface area contributed by atoms with Crippen molar-refractivity contribution < 1.29 is 19.1 Å². The highest BCUT2D eigenvalue weighted by Gasteiger charge is 2.68. The third-order valence-corrected chi connectivity index (χ3v) is 7.81. The van der Waals surface area contributed by atoms with Crippen LogP contribution in [0.2, 0.25) is 20.1 Å². The lowest BCUT2D eigenvalue weighted by atomic mass is 9.72. The van der Waals surface area contributed by atoms with Crippen LogP contribution in [0.3, 0.4) is 0 Å². The molecule has 2 amide bonds. The Labute approximate surface area is 227 Å². The molecule has 2 fully saturated rings. The van der Waals surface area contributed by atoms with E-state index in [-0.39, 0.29) is 10.7 Å². The maximum Gasteiger partial charge on any atom is 0.323 e. The number of carbonyl (C=O) groups excluding carboxylic acids is 3. The van der Waals surface area contributed by atoms with Gasteiger partial charge in [-0.15, -0.1) is 0 Å². The van der Waals surface area contributed by atoms with Gasteiger partial charge in [-0.25, -0.2) is 4.90 Å². The van der Waals surface area contributed by atoms with Gasteiger partial charge in [0, 0.05) is 15.1 Å². The molecule has 0 bridgehead atoms. The highest BCUT2D eigenvalue weighted by Crippen LogP contribution is 2.53. The quantitative estimate of drug-likeness (QED) is 0.335. The molecule has 1 N–H and O–H groups in total. The Kier molecular flexibility index (Phi) is 6.52. The second kappa shape index (κ2) is 9.36. The minimum absolute atomic E-state index is 0.135. The molecule has 0 radical (unpaired) electrons. The number of anilines is 1. The predicted octanol–water partition coefficient (Wildman–Crippen LogP) is 5.49. The van der Waals surface area contributed by atoms with E-state index in [9.17, 15) is 14.4 Å². The van der Waals surface area contributed by atoms with E-state index < -0.39 is 41.2 Å². The van der Waals surface area contributed by atoms with Crippen LogP contribution in [0.4, 0.5) is 5.69 Å². The van der Waals surface area contributed by atoms with E-state index in [0.29, 0.717) is 26.2 Å². The molecule has 0 saturated carbocycles. The molecule has 6 nitrogen and oxygen atoms in total. The van der Waals surface area contributed by atoms with Gasteiger partial charge in [-0.1, -0.05) is 70.7 Å². The smallest absolute Gasteiger partial charge is 0.323 e. The molecular weight excluding hydrogens is 546 g/mol. The number of amides is 2. The molecule has 3 aromatic rings. The van der Waals surface area contributed by atoms with E-state index in [2.05, 4.69) is 5.32 Å². The van der Waals surface area contributed by atoms with Crippen molar-refractivity contribution in [2.45, 2.75) is 11.6 Å². The second-order valence-electron chi connectivity index (χ2n) is 8.58. The first-order chi connectivity index (χ1) is 17.2. The molecule has 2 heterocycles. The average molecular weight is 564 g/mol. The van der Waals surface area contributed by atoms with Crippen LogP contribution in [-0.2, 0) is 24.7 Å². The lowest BCUT2D eigenvalue weighted by molar-refractivity contribution is -0.145. The van der Waals surface area contributed by atoms with E-state index in [0.717, 1.165) is 4.90 Å². The number of nitrogens with zero attached hydrogens (tertiary/aromatic N) is 1. The number of methoxy groups -OCH3 is 1. The fraction of sp³-hybridized carbons (Fsp3) is 0.192. The molecule has 10 heteroatoms. The lowest BCUT2D eigenvalue weighted by Crippen LogP contribution is -2.52. The van der Waals surface area contributed by atoms with Gasteiger partial charge in [-0.2, -0.15) is 0 Å². The zero-order chi connectivity index (χ0) is 25.8. The lowest BCUT2D eigenvalue weighted by Gasteiger charge is -2.36. The minimum Gasteiger partial charge on any atom is -0.468 e. The number of ether oxygens (including phenoxy) is 1. The van der Waals surface area contributed by atoms with Crippen molar-refractivity contribution in [2.24, 2.45) is 11.8 Å². The minimum atomic E-state index is -1.28. The fourth-order valence-electron chi connectivity index (χ4n) is 5.26. The Morgan fingerprint density at radius 3 is 1.86 bits per heavy atom. The van der Waals surface area contributed by atoms with E-state index in [1.165, 1.54) is 19.2 Å². The molecule has 2 aliphatic rings. The number of carbonyl (C=O) groups is 3. The summed E-state index contributed by atoms with van der Waals surface area (Å²) in [5.74, 6) is -3.83. The number of nitrogens with one attached hydrogen (secondary N) is 1. The number of hydrogen-bond acceptors (Lipinski definition) is 5. The zero-order valence-corrected chi connectivity index (χ0v) is 21.7. The van der Waals surface area contributed by atoms with E-state index in [4.69, 9.17) is 51.1 Å². The number of hydrogen-bond donors (Lipinski definition) is 1. The second-order valence-corrected chi connectivity index (χ2v) is 10.3. The van der Waals surface area contributed by atoms with Crippen LogP contribution in [0, 0.1) is 11.8 Å². The third-order valence-electron chi connectivity index (χ3n) is 6.76. The number of fused-ring (bicyclic) bond motifs is 1. The summed E-state index contributed by atoms with van der Waals surface area (Å²) in [5, 5.41) is 4.78. The first-order valence-electron chi connectivity index (χ1n) is 10.9. The monoisotopic (exact) mass is 562 g/mol. The first-order valence-corrected chi connectivity index (χ1v) is 12.4. The summed E-state index contributed by atoms with van der Waals surface area (Å²) in [6, 6.07) is 17.2. The summed E-state index contributed by atoms with van der Waals surface area (Å²) in [4.78, 5) is 42.0. The first kappa shape index (κ1) is 25.1. The number of halogens is 4. The van der Waals surface area contributed by atoms with Crippen molar-refractivity contribution in [1.82, 2.24) is 5.32 Å². The van der Waals surface area contributed by atoms with Crippen LogP contribution in [0.1, 0.15) is 11.1 Å². The molecule has 3 atom stereocenters. The highest BCUT2D eigenvalue weighted by atomic mass is 35.5. The molecule has 0 aliphatic carbocycles. The summed E-state index contributed by atoms with van der Waals surface area (Å²) in [5.41, 5.74) is 0.191. The Morgan fingerprint density at radius 1 is 0.833 bits per heavy atom. The van der Waals surface area contributed by atoms with Gasteiger partial charge < -0.3 is 4.74 Å². The van der Waals surface area contributed by atoms with Crippen LogP contribution in [0.15, 0.2) is 66.7 Å². The molecule has 184 valence electrons.